The zero-order valence-electron chi connectivity index (χ0n) is 19.4. The Hall–Kier alpha value is -3.49. The summed E-state index contributed by atoms with van der Waals surface area (Å²) >= 11 is 1.34. The van der Waals surface area contributed by atoms with E-state index in [1.54, 1.807) is 32.2 Å². The van der Waals surface area contributed by atoms with Crippen molar-refractivity contribution in [1.82, 2.24) is 4.57 Å². The molecule has 8 heteroatoms. The Morgan fingerprint density at radius 1 is 1.00 bits per heavy atom. The van der Waals surface area contributed by atoms with Crippen LogP contribution in [0.1, 0.15) is 34.6 Å². The van der Waals surface area contributed by atoms with Gasteiger partial charge in [-0.05, 0) is 55.0 Å². The molecule has 1 aromatic heterocycles. The van der Waals surface area contributed by atoms with Crippen LogP contribution in [0.2, 0.25) is 0 Å². The molecule has 1 heterocycles. The Morgan fingerprint density at radius 2 is 1.76 bits per heavy atom. The quantitative estimate of drug-likeness (QED) is 0.268. The SMILES string of the molecule is CCOCCn1c(=NC(=O)c2cc3ccccc3cc2OC)sc2cc(C(=O)OCC)ccc21. The van der Waals surface area contributed by atoms with Crippen LogP contribution < -0.4 is 9.54 Å². The summed E-state index contributed by atoms with van der Waals surface area (Å²) < 4.78 is 18.9. The van der Waals surface area contributed by atoms with Crippen LogP contribution in [-0.4, -0.2) is 43.4 Å². The van der Waals surface area contributed by atoms with Crippen molar-refractivity contribution in [1.29, 1.82) is 0 Å². The second kappa shape index (κ2) is 10.6. The molecule has 0 N–H and O–H groups in total. The molecule has 0 unspecified atom stereocenters. The van der Waals surface area contributed by atoms with Gasteiger partial charge in [-0.15, -0.1) is 0 Å². The number of esters is 1. The minimum Gasteiger partial charge on any atom is -0.496 e. The topological polar surface area (TPSA) is 79.1 Å². The minimum atomic E-state index is -0.398. The molecule has 1 amide bonds. The maximum absolute atomic E-state index is 13.3. The van der Waals surface area contributed by atoms with E-state index in [2.05, 4.69) is 4.99 Å². The third kappa shape index (κ3) is 4.88. The van der Waals surface area contributed by atoms with E-state index >= 15 is 0 Å². The van der Waals surface area contributed by atoms with Crippen LogP contribution in [0.4, 0.5) is 0 Å². The van der Waals surface area contributed by atoms with E-state index in [9.17, 15) is 9.59 Å². The third-order valence-electron chi connectivity index (χ3n) is 5.35. The van der Waals surface area contributed by atoms with Gasteiger partial charge in [0.25, 0.3) is 5.91 Å². The van der Waals surface area contributed by atoms with Gasteiger partial charge in [0, 0.05) is 13.2 Å². The first-order valence-electron chi connectivity index (χ1n) is 11.1. The normalized spacial score (nSPS) is 11.8. The van der Waals surface area contributed by atoms with Crippen LogP contribution in [0.25, 0.3) is 21.0 Å². The number of carbonyl (C=O) groups is 2. The van der Waals surface area contributed by atoms with Gasteiger partial charge in [-0.2, -0.15) is 4.99 Å². The maximum Gasteiger partial charge on any atom is 0.338 e. The lowest BCUT2D eigenvalue weighted by molar-refractivity contribution is 0.0526. The number of hydrogen-bond donors (Lipinski definition) is 0. The van der Waals surface area contributed by atoms with Gasteiger partial charge in [0.05, 0.1) is 41.7 Å². The molecule has 0 saturated heterocycles. The van der Waals surface area contributed by atoms with Crippen molar-refractivity contribution in [3.8, 4) is 5.75 Å². The molecule has 0 aliphatic heterocycles. The summed E-state index contributed by atoms with van der Waals surface area (Å²) in [6.45, 7) is 5.60. The molecule has 0 aliphatic carbocycles. The molecular weight excluding hydrogens is 452 g/mol. The monoisotopic (exact) mass is 478 g/mol. The Labute approximate surface area is 201 Å². The van der Waals surface area contributed by atoms with Gasteiger partial charge >= 0.3 is 5.97 Å². The molecule has 7 nitrogen and oxygen atoms in total. The molecular formula is C26H26N2O5S. The average molecular weight is 479 g/mol. The van der Waals surface area contributed by atoms with E-state index in [4.69, 9.17) is 14.2 Å². The summed E-state index contributed by atoms with van der Waals surface area (Å²) in [5.41, 5.74) is 1.72. The molecule has 0 radical (unpaired) electrons. The number of ether oxygens (including phenoxy) is 3. The number of carbonyl (C=O) groups excluding carboxylic acids is 2. The number of fused-ring (bicyclic) bond motifs is 2. The van der Waals surface area contributed by atoms with E-state index in [1.807, 2.05) is 47.9 Å². The second-order valence-corrected chi connectivity index (χ2v) is 8.46. The standard InChI is InChI=1S/C26H26N2O5S/c1-4-32-13-12-28-21-11-10-19(25(30)33-5-2)16-23(21)34-26(28)27-24(29)20-14-17-8-6-7-9-18(17)15-22(20)31-3/h6-11,14-16H,4-5,12-13H2,1-3H3. The predicted octanol–water partition coefficient (Wildman–Crippen LogP) is 4.82. The zero-order chi connectivity index (χ0) is 24.1. The summed E-state index contributed by atoms with van der Waals surface area (Å²) in [4.78, 5) is 30.5. The van der Waals surface area contributed by atoms with Crippen LogP contribution >= 0.6 is 11.3 Å². The predicted molar refractivity (Wildman–Crippen MR) is 133 cm³/mol. The minimum absolute atomic E-state index is 0.304. The van der Waals surface area contributed by atoms with Crippen molar-refractivity contribution >= 4 is 44.2 Å². The third-order valence-corrected chi connectivity index (χ3v) is 6.39. The molecule has 0 atom stereocenters. The van der Waals surface area contributed by atoms with Gasteiger partial charge in [-0.3, -0.25) is 4.79 Å². The highest BCUT2D eigenvalue weighted by Gasteiger charge is 2.16. The van der Waals surface area contributed by atoms with Crippen molar-refractivity contribution in [2.24, 2.45) is 4.99 Å². The van der Waals surface area contributed by atoms with Crippen molar-refractivity contribution in [2.45, 2.75) is 20.4 Å². The second-order valence-electron chi connectivity index (χ2n) is 7.45. The molecule has 0 aliphatic rings. The van der Waals surface area contributed by atoms with Gasteiger partial charge in [-0.1, -0.05) is 35.6 Å². The smallest absolute Gasteiger partial charge is 0.338 e. The summed E-state index contributed by atoms with van der Waals surface area (Å²) in [7, 11) is 1.54. The lowest BCUT2D eigenvalue weighted by Gasteiger charge is -2.08. The van der Waals surface area contributed by atoms with E-state index in [-0.39, 0.29) is 5.97 Å². The Kier molecular flexibility index (Phi) is 7.40. The number of thiazole rings is 1. The van der Waals surface area contributed by atoms with Crippen molar-refractivity contribution in [3.05, 3.63) is 70.5 Å². The summed E-state index contributed by atoms with van der Waals surface area (Å²) in [5, 5.41) is 1.91. The number of aromatic nitrogens is 1. The fraction of sp³-hybridized carbons (Fsp3) is 0.269. The molecule has 176 valence electrons. The molecule has 0 spiro atoms. The number of nitrogens with zero attached hydrogens (tertiary/aromatic N) is 2. The van der Waals surface area contributed by atoms with E-state index in [1.165, 1.54) is 11.3 Å². The number of hydrogen-bond acceptors (Lipinski definition) is 6. The average Bonchev–Trinajstić information content (AvgIpc) is 3.19. The first-order valence-corrected chi connectivity index (χ1v) is 11.9. The number of rotatable bonds is 8. The Morgan fingerprint density at radius 3 is 2.47 bits per heavy atom. The zero-order valence-corrected chi connectivity index (χ0v) is 20.2. The van der Waals surface area contributed by atoms with Crippen molar-refractivity contribution in [3.63, 3.8) is 0 Å². The van der Waals surface area contributed by atoms with Crippen molar-refractivity contribution < 1.29 is 23.8 Å². The largest absolute Gasteiger partial charge is 0.496 e. The highest BCUT2D eigenvalue weighted by molar-refractivity contribution is 7.16. The molecule has 0 bridgehead atoms. The molecule has 0 saturated carbocycles. The molecule has 4 aromatic rings. The molecule has 34 heavy (non-hydrogen) atoms. The van der Waals surface area contributed by atoms with Gasteiger partial charge < -0.3 is 18.8 Å². The van der Waals surface area contributed by atoms with Crippen molar-refractivity contribution in [2.75, 3.05) is 26.9 Å². The van der Waals surface area contributed by atoms with Gasteiger partial charge in [-0.25, -0.2) is 4.79 Å². The number of amides is 1. The van der Waals surface area contributed by atoms with Crippen LogP contribution in [-0.2, 0) is 16.0 Å². The molecule has 3 aromatic carbocycles. The lowest BCUT2D eigenvalue weighted by atomic mass is 10.1. The van der Waals surface area contributed by atoms with Crippen LogP contribution in [0, 0.1) is 0 Å². The Balaban J connectivity index is 1.82. The van der Waals surface area contributed by atoms with E-state index in [0.717, 1.165) is 21.0 Å². The molecule has 4 rings (SSSR count). The fourth-order valence-corrected chi connectivity index (χ4v) is 4.81. The lowest BCUT2D eigenvalue weighted by Crippen LogP contribution is -2.20. The fourth-order valence-electron chi connectivity index (χ4n) is 3.72. The van der Waals surface area contributed by atoms with Gasteiger partial charge in [0.15, 0.2) is 4.80 Å². The van der Waals surface area contributed by atoms with Crippen LogP contribution in [0.15, 0.2) is 59.6 Å². The van der Waals surface area contributed by atoms with E-state index < -0.39 is 5.91 Å². The summed E-state index contributed by atoms with van der Waals surface area (Å²) in [5.74, 6) is -0.307. The number of methoxy groups -OCH3 is 1. The molecule has 0 fully saturated rings. The van der Waals surface area contributed by atoms with Crippen LogP contribution in [0.5, 0.6) is 5.75 Å². The van der Waals surface area contributed by atoms with E-state index in [0.29, 0.717) is 48.0 Å². The highest BCUT2D eigenvalue weighted by Crippen LogP contribution is 2.27. The number of benzene rings is 3. The maximum atomic E-state index is 13.3. The summed E-state index contributed by atoms with van der Waals surface area (Å²) in [6, 6.07) is 16.8. The highest BCUT2D eigenvalue weighted by atomic mass is 32.1. The van der Waals surface area contributed by atoms with Gasteiger partial charge in [0.1, 0.15) is 5.75 Å². The Bertz CT molecular complexity index is 1420. The van der Waals surface area contributed by atoms with Crippen LogP contribution in [0.3, 0.4) is 0 Å². The van der Waals surface area contributed by atoms with Gasteiger partial charge in [0.2, 0.25) is 0 Å². The first kappa shape index (κ1) is 23.7. The first-order chi connectivity index (χ1) is 16.5. The summed E-state index contributed by atoms with van der Waals surface area (Å²) in [6.07, 6.45) is 0.